The van der Waals surface area contributed by atoms with E-state index in [1.54, 1.807) is 69.3 Å². The van der Waals surface area contributed by atoms with Crippen LogP contribution < -0.4 is 21.0 Å². The van der Waals surface area contributed by atoms with E-state index < -0.39 is 61.8 Å². The summed E-state index contributed by atoms with van der Waals surface area (Å²) in [7, 11) is -4.63. The number of nitrogens with one attached hydrogen (secondary N) is 1. The van der Waals surface area contributed by atoms with Crippen LogP contribution in [0.5, 0.6) is 5.75 Å². The highest BCUT2D eigenvalue weighted by Gasteiger charge is 2.56. The normalized spacial score (nSPS) is 23.4. The smallest absolute Gasteiger partial charge is 0.459 e. The van der Waals surface area contributed by atoms with Crippen molar-refractivity contribution in [3.05, 3.63) is 99.4 Å². The Balaban J connectivity index is 1.68. The number of azide groups is 1. The van der Waals surface area contributed by atoms with Crippen molar-refractivity contribution in [2.45, 2.75) is 63.0 Å². The Hall–Kier alpha value is -4.27. The number of hydrogen-bond acceptors (Lipinski definition) is 12. The minimum absolute atomic E-state index is 0.00964. The molecule has 0 aliphatic carbocycles. The van der Waals surface area contributed by atoms with E-state index in [0.717, 1.165) is 10.8 Å². The number of nitrogens with two attached hydrogens (primary N) is 1. The number of aromatic nitrogens is 2. The number of ether oxygens (including phenoxy) is 2. The predicted molar refractivity (Wildman–Crippen MR) is 160 cm³/mol. The number of hydrogen-bond donors (Lipinski definition) is 4. The molecule has 2 aromatic carbocycles. The largest absolute Gasteiger partial charge is 0.459 e. The number of esters is 1. The first-order valence-corrected chi connectivity index (χ1v) is 15.3. The van der Waals surface area contributed by atoms with Crippen LogP contribution in [-0.4, -0.2) is 61.9 Å². The van der Waals surface area contributed by atoms with Gasteiger partial charge < -0.3 is 29.9 Å². The molecular weight excluding hydrogens is 609 g/mol. The maximum Gasteiger partial charge on any atom is 0.459 e. The molecule has 1 aliphatic rings. The molecular formula is C28H34N7O9P. The molecule has 1 aliphatic heterocycles. The monoisotopic (exact) mass is 643 g/mol. The molecule has 0 saturated carbocycles. The predicted octanol–water partition coefficient (Wildman–Crippen LogP) is 2.83. The summed E-state index contributed by atoms with van der Waals surface area (Å²) in [5.74, 6) is -0.785. The van der Waals surface area contributed by atoms with Crippen LogP contribution in [0.1, 0.15) is 32.6 Å². The van der Waals surface area contributed by atoms with Crippen LogP contribution in [0.15, 0.2) is 82.8 Å². The number of nitrogen functional groups attached to an aromatic ring is 1. The van der Waals surface area contributed by atoms with Crippen LogP contribution >= 0.6 is 7.75 Å². The fourth-order valence-corrected chi connectivity index (χ4v) is 5.91. The third kappa shape index (κ3) is 8.47. The number of anilines is 1. The molecule has 4 rings (SSSR count). The van der Waals surface area contributed by atoms with E-state index in [4.69, 9.17) is 24.3 Å². The van der Waals surface area contributed by atoms with Gasteiger partial charge in [0.05, 0.1) is 6.61 Å². The summed E-state index contributed by atoms with van der Waals surface area (Å²) in [5.41, 5.74) is 11.4. The fourth-order valence-electron chi connectivity index (χ4n) is 4.40. The number of aliphatic hydroxyl groups is 2. The zero-order chi connectivity index (χ0) is 32.8. The molecule has 5 N–H and O–H groups in total. The molecule has 240 valence electrons. The second kappa shape index (κ2) is 13.8. The highest BCUT2D eigenvalue weighted by atomic mass is 31.2. The van der Waals surface area contributed by atoms with Crippen molar-refractivity contribution in [2.75, 3.05) is 12.3 Å². The summed E-state index contributed by atoms with van der Waals surface area (Å²) in [5, 5.41) is 28.0. The topological polar surface area (TPSA) is 233 Å². The average Bonchev–Trinajstić information content (AvgIpc) is 3.21. The van der Waals surface area contributed by atoms with Gasteiger partial charge in [0.1, 0.15) is 35.4 Å². The van der Waals surface area contributed by atoms with Gasteiger partial charge in [-0.2, -0.15) is 10.1 Å². The molecule has 2 heterocycles. The molecule has 0 bridgehead atoms. The van der Waals surface area contributed by atoms with E-state index in [1.807, 2.05) is 0 Å². The molecule has 1 fully saturated rings. The number of benzene rings is 2. The summed E-state index contributed by atoms with van der Waals surface area (Å²) < 4.78 is 38.0. The fraction of sp³-hybridized carbons (Fsp3) is 0.393. The van der Waals surface area contributed by atoms with E-state index in [-0.39, 0.29) is 18.0 Å². The zero-order valence-electron chi connectivity index (χ0n) is 24.7. The first-order chi connectivity index (χ1) is 21.2. The van der Waals surface area contributed by atoms with Crippen molar-refractivity contribution in [3.8, 4) is 5.75 Å². The molecule has 6 atom stereocenters. The molecule has 16 nitrogen and oxygen atoms in total. The lowest BCUT2D eigenvalue weighted by Crippen LogP contribution is -2.46. The van der Waals surface area contributed by atoms with Crippen LogP contribution in [0.2, 0.25) is 0 Å². The Morgan fingerprint density at radius 3 is 2.44 bits per heavy atom. The lowest BCUT2D eigenvalue weighted by molar-refractivity contribution is -0.157. The van der Waals surface area contributed by atoms with Crippen LogP contribution in [-0.2, 0) is 29.8 Å². The van der Waals surface area contributed by atoms with E-state index in [0.29, 0.717) is 5.56 Å². The molecule has 1 aromatic heterocycles. The summed E-state index contributed by atoms with van der Waals surface area (Å²) >= 11 is 0. The molecule has 3 aromatic rings. The number of para-hydroxylation sites is 1. The number of rotatable bonds is 12. The average molecular weight is 644 g/mol. The summed E-state index contributed by atoms with van der Waals surface area (Å²) in [6.07, 6.45) is -4.26. The second-order valence-electron chi connectivity index (χ2n) is 11.1. The van der Waals surface area contributed by atoms with Gasteiger partial charge >= 0.3 is 19.4 Å². The van der Waals surface area contributed by atoms with Gasteiger partial charge in [-0.15, -0.1) is 0 Å². The van der Waals surface area contributed by atoms with Gasteiger partial charge in [-0.25, -0.2) is 9.36 Å². The maximum atomic E-state index is 14.4. The number of carbonyl (C=O) groups is 1. The quantitative estimate of drug-likeness (QED) is 0.0733. The van der Waals surface area contributed by atoms with Gasteiger partial charge in [-0.3, -0.25) is 13.9 Å². The lowest BCUT2D eigenvalue weighted by Gasteiger charge is -2.31. The summed E-state index contributed by atoms with van der Waals surface area (Å²) in [4.78, 5) is 32.1. The SMILES string of the molecule is CC(C)(C)OC(=O)[C@H](Cc1ccccc1)NP(=O)(OCC1(N=[N+]=[N-])O[C@@H](n2ccc(N)nc2=O)[C@H](O)[C@@H]1O)Oc1ccccc1. The third-order valence-electron chi connectivity index (χ3n) is 6.44. The lowest BCUT2D eigenvalue weighted by atomic mass is 10.1. The van der Waals surface area contributed by atoms with Gasteiger partial charge in [-0.05, 0) is 56.5 Å². The Kier molecular flexibility index (Phi) is 10.3. The number of carbonyl (C=O) groups excluding carboxylic acids is 1. The molecule has 2 unspecified atom stereocenters. The Morgan fingerprint density at radius 1 is 1.20 bits per heavy atom. The van der Waals surface area contributed by atoms with Crippen LogP contribution in [0.25, 0.3) is 10.4 Å². The maximum absolute atomic E-state index is 14.4. The highest BCUT2D eigenvalue weighted by Crippen LogP contribution is 2.48. The van der Waals surface area contributed by atoms with Gasteiger partial charge in [0, 0.05) is 11.1 Å². The van der Waals surface area contributed by atoms with Gasteiger partial charge in [0.2, 0.25) is 5.72 Å². The van der Waals surface area contributed by atoms with Crippen molar-refractivity contribution in [1.29, 1.82) is 0 Å². The minimum atomic E-state index is -4.63. The van der Waals surface area contributed by atoms with Crippen molar-refractivity contribution in [1.82, 2.24) is 14.6 Å². The van der Waals surface area contributed by atoms with Crippen LogP contribution in [0, 0.1) is 0 Å². The van der Waals surface area contributed by atoms with Gasteiger partial charge in [-0.1, -0.05) is 53.6 Å². The molecule has 17 heteroatoms. The van der Waals surface area contributed by atoms with Crippen molar-refractivity contribution >= 4 is 19.5 Å². The first-order valence-electron chi connectivity index (χ1n) is 13.7. The first kappa shape index (κ1) is 33.6. The molecule has 1 saturated heterocycles. The molecule has 0 radical (unpaired) electrons. The standard InChI is InChI=1S/C28H34N7O9P/c1-27(2,3)43-25(38)20(16-18-10-6-4-7-11-18)32-45(40,44-19-12-8-5-9-13-19)41-17-28(33-34-30)23(37)22(36)24(42-28)35-15-14-21(29)31-26(35)39/h4-15,20,22-24,36-37H,16-17H2,1-3H3,(H,32,40)(H2,29,31,39)/t20-,22+,23-,24+,28?,45?/m0/s1. The minimum Gasteiger partial charge on any atom is -0.459 e. The zero-order valence-corrected chi connectivity index (χ0v) is 25.6. The summed E-state index contributed by atoms with van der Waals surface area (Å²) in [6.45, 7) is 4.06. The Bertz CT molecular complexity index is 1630. The van der Waals surface area contributed by atoms with Crippen molar-refractivity contribution in [3.63, 3.8) is 0 Å². The van der Waals surface area contributed by atoms with Crippen LogP contribution in [0.3, 0.4) is 0 Å². The highest BCUT2D eigenvalue weighted by molar-refractivity contribution is 7.52. The molecule has 45 heavy (non-hydrogen) atoms. The van der Waals surface area contributed by atoms with Gasteiger partial charge in [0.15, 0.2) is 6.23 Å². The van der Waals surface area contributed by atoms with Crippen molar-refractivity contribution < 1.29 is 38.1 Å². The number of aliphatic hydroxyl groups excluding tert-OH is 2. The third-order valence-corrected chi connectivity index (χ3v) is 7.99. The van der Waals surface area contributed by atoms with E-state index in [2.05, 4.69) is 20.1 Å². The Morgan fingerprint density at radius 2 is 1.84 bits per heavy atom. The molecule has 0 amide bonds. The van der Waals surface area contributed by atoms with Crippen LogP contribution in [0.4, 0.5) is 5.82 Å². The van der Waals surface area contributed by atoms with E-state index >= 15 is 0 Å². The number of nitrogens with zero attached hydrogens (tertiary/aromatic N) is 5. The summed E-state index contributed by atoms with van der Waals surface area (Å²) in [6, 6.07) is 16.7. The second-order valence-corrected chi connectivity index (χ2v) is 12.8. The molecule has 0 spiro atoms. The van der Waals surface area contributed by atoms with Gasteiger partial charge in [0.25, 0.3) is 0 Å². The van der Waals surface area contributed by atoms with Crippen molar-refractivity contribution in [2.24, 2.45) is 5.11 Å². The Labute approximate surface area is 257 Å². The van der Waals surface area contributed by atoms with E-state index in [9.17, 15) is 29.9 Å². The van der Waals surface area contributed by atoms with E-state index in [1.165, 1.54) is 18.2 Å².